The van der Waals surface area contributed by atoms with E-state index in [4.69, 9.17) is 14.5 Å². The normalized spacial score (nSPS) is 13.9. The highest BCUT2D eigenvalue weighted by Crippen LogP contribution is 2.35. The van der Waals surface area contributed by atoms with Crippen LogP contribution in [-0.4, -0.2) is 52.1 Å². The first kappa shape index (κ1) is 25.9. The van der Waals surface area contributed by atoms with Gasteiger partial charge in [0, 0.05) is 43.7 Å². The Balaban J connectivity index is 1.28. The van der Waals surface area contributed by atoms with Crippen LogP contribution >= 0.6 is 0 Å². The lowest BCUT2D eigenvalue weighted by molar-refractivity contribution is 0.0767. The first-order chi connectivity index (χ1) is 20.6. The van der Waals surface area contributed by atoms with Gasteiger partial charge in [-0.25, -0.2) is 4.98 Å². The average molecular weight is 554 g/mol. The Morgan fingerprint density at radius 2 is 1.60 bits per heavy atom. The molecule has 1 amide bonds. The van der Waals surface area contributed by atoms with E-state index in [9.17, 15) is 4.79 Å². The second-order valence-corrected chi connectivity index (χ2v) is 10.9. The molecule has 1 aliphatic rings. The Bertz CT molecular complexity index is 1880. The van der Waals surface area contributed by atoms with Gasteiger partial charge >= 0.3 is 0 Å². The minimum absolute atomic E-state index is 0.0622. The van der Waals surface area contributed by atoms with Crippen molar-refractivity contribution in [3.05, 3.63) is 120 Å². The molecule has 1 saturated heterocycles. The smallest absolute Gasteiger partial charge is 0.263 e. The monoisotopic (exact) mass is 553 g/mol. The standard InChI is InChI=1S/C35H31N5O2/c1-24-12-14-25(15-13-24)22-30-36-33(39-18-7-19-40(21-20-39)35(41)27-9-3-2-4-10-27)31-32(38-42-34(31)37-30)29-17-16-26-8-5-6-11-28(26)23-29/h2-6,8-17,23H,7,18-22H2,1H3. The summed E-state index contributed by atoms with van der Waals surface area (Å²) in [4.78, 5) is 27.4. The fourth-order valence-electron chi connectivity index (χ4n) is 5.71. The molecule has 1 aliphatic heterocycles. The van der Waals surface area contributed by atoms with Gasteiger partial charge < -0.3 is 14.3 Å². The molecule has 2 aromatic heterocycles. The summed E-state index contributed by atoms with van der Waals surface area (Å²) >= 11 is 0. The summed E-state index contributed by atoms with van der Waals surface area (Å²) in [6.45, 7) is 4.78. The predicted octanol–water partition coefficient (Wildman–Crippen LogP) is 6.69. The number of aromatic nitrogens is 3. The van der Waals surface area contributed by atoms with Gasteiger partial charge in [-0.3, -0.25) is 4.79 Å². The molecule has 6 aromatic rings. The highest BCUT2D eigenvalue weighted by atomic mass is 16.5. The van der Waals surface area contributed by atoms with Gasteiger partial charge in [-0.15, -0.1) is 0 Å². The number of amides is 1. The second-order valence-electron chi connectivity index (χ2n) is 10.9. The molecule has 0 bridgehead atoms. The molecular formula is C35H31N5O2. The Morgan fingerprint density at radius 1 is 0.810 bits per heavy atom. The Hall–Kier alpha value is -5.04. The van der Waals surface area contributed by atoms with E-state index in [0.717, 1.165) is 46.4 Å². The first-order valence-electron chi connectivity index (χ1n) is 14.4. The highest BCUT2D eigenvalue weighted by Gasteiger charge is 2.26. The van der Waals surface area contributed by atoms with Crippen molar-refractivity contribution in [3.63, 3.8) is 0 Å². The Morgan fingerprint density at radius 3 is 2.43 bits per heavy atom. The van der Waals surface area contributed by atoms with Crippen LogP contribution in [0, 0.1) is 6.92 Å². The Labute approximate surface area is 244 Å². The zero-order valence-corrected chi connectivity index (χ0v) is 23.5. The average Bonchev–Trinajstić information content (AvgIpc) is 3.30. The number of nitrogens with zero attached hydrogens (tertiary/aromatic N) is 5. The maximum atomic E-state index is 13.3. The van der Waals surface area contributed by atoms with Crippen molar-refractivity contribution in [1.29, 1.82) is 0 Å². The van der Waals surface area contributed by atoms with Crippen molar-refractivity contribution in [2.75, 3.05) is 31.1 Å². The SMILES string of the molecule is Cc1ccc(Cc2nc(N3CCCN(C(=O)c4ccccc4)CC3)c3c(-c4ccc5ccccc5c4)noc3n2)cc1. The molecule has 0 atom stereocenters. The first-order valence-corrected chi connectivity index (χ1v) is 14.4. The number of hydrogen-bond donors (Lipinski definition) is 0. The molecule has 0 radical (unpaired) electrons. The number of fused-ring (bicyclic) bond motifs is 2. The molecule has 0 spiro atoms. The molecule has 42 heavy (non-hydrogen) atoms. The van der Waals surface area contributed by atoms with Crippen LogP contribution in [0.1, 0.15) is 33.7 Å². The molecule has 0 N–H and O–H groups in total. The van der Waals surface area contributed by atoms with E-state index in [-0.39, 0.29) is 5.91 Å². The lowest BCUT2D eigenvalue weighted by atomic mass is 10.0. The van der Waals surface area contributed by atoms with Crippen LogP contribution in [0.4, 0.5) is 5.82 Å². The van der Waals surface area contributed by atoms with Crippen LogP contribution in [0.2, 0.25) is 0 Å². The van der Waals surface area contributed by atoms with Crippen LogP contribution < -0.4 is 4.90 Å². The van der Waals surface area contributed by atoms with E-state index in [2.05, 4.69) is 71.6 Å². The minimum Gasteiger partial charge on any atom is -0.354 e. The molecule has 7 nitrogen and oxygen atoms in total. The molecule has 7 heteroatoms. The summed E-state index contributed by atoms with van der Waals surface area (Å²) in [5.74, 6) is 1.55. The molecule has 0 saturated carbocycles. The quantitative estimate of drug-likeness (QED) is 0.237. The van der Waals surface area contributed by atoms with Gasteiger partial charge in [0.25, 0.3) is 11.6 Å². The number of anilines is 1. The topological polar surface area (TPSA) is 75.4 Å². The number of rotatable bonds is 5. The molecule has 0 unspecified atom stereocenters. The summed E-state index contributed by atoms with van der Waals surface area (Å²) in [6, 6.07) is 32.6. The maximum Gasteiger partial charge on any atom is 0.263 e. The third-order valence-electron chi connectivity index (χ3n) is 7.97. The van der Waals surface area contributed by atoms with Gasteiger partial charge in [0.05, 0.1) is 0 Å². The van der Waals surface area contributed by atoms with Crippen LogP contribution in [0.15, 0.2) is 102 Å². The number of benzene rings is 4. The van der Waals surface area contributed by atoms with Crippen molar-refractivity contribution < 1.29 is 9.32 Å². The highest BCUT2D eigenvalue weighted by molar-refractivity contribution is 6.00. The van der Waals surface area contributed by atoms with E-state index < -0.39 is 0 Å². The molecule has 1 fully saturated rings. The molecule has 7 rings (SSSR count). The maximum absolute atomic E-state index is 13.3. The van der Waals surface area contributed by atoms with Crippen LogP contribution in [0.25, 0.3) is 33.1 Å². The van der Waals surface area contributed by atoms with Crippen LogP contribution in [-0.2, 0) is 6.42 Å². The summed E-state index contributed by atoms with van der Waals surface area (Å²) in [5.41, 5.74) is 5.23. The van der Waals surface area contributed by atoms with Crippen LogP contribution in [0.3, 0.4) is 0 Å². The number of aryl methyl sites for hydroxylation is 1. The lowest BCUT2D eigenvalue weighted by Gasteiger charge is -2.24. The van der Waals surface area contributed by atoms with E-state index >= 15 is 0 Å². The molecule has 0 aliphatic carbocycles. The van der Waals surface area contributed by atoms with Gasteiger partial charge in [-0.05, 0) is 47.9 Å². The third kappa shape index (κ3) is 5.09. The fourth-order valence-corrected chi connectivity index (χ4v) is 5.71. The number of carbonyl (C=O) groups excluding carboxylic acids is 1. The van der Waals surface area contributed by atoms with E-state index in [1.165, 1.54) is 10.9 Å². The van der Waals surface area contributed by atoms with Crippen LogP contribution in [0.5, 0.6) is 0 Å². The van der Waals surface area contributed by atoms with Gasteiger partial charge in [-0.2, -0.15) is 4.98 Å². The van der Waals surface area contributed by atoms with Gasteiger partial charge in [-0.1, -0.05) is 89.6 Å². The second kappa shape index (κ2) is 11.1. The summed E-state index contributed by atoms with van der Waals surface area (Å²) in [6.07, 6.45) is 1.41. The molecule has 4 aromatic carbocycles. The summed E-state index contributed by atoms with van der Waals surface area (Å²) in [7, 11) is 0. The van der Waals surface area contributed by atoms with Crippen molar-refractivity contribution in [3.8, 4) is 11.3 Å². The fraction of sp³-hybridized carbons (Fsp3) is 0.200. The number of carbonyl (C=O) groups is 1. The number of hydrogen-bond acceptors (Lipinski definition) is 6. The largest absolute Gasteiger partial charge is 0.354 e. The van der Waals surface area contributed by atoms with E-state index in [1.54, 1.807) is 0 Å². The third-order valence-corrected chi connectivity index (χ3v) is 7.97. The summed E-state index contributed by atoms with van der Waals surface area (Å²) in [5, 5.41) is 7.63. The van der Waals surface area contributed by atoms with Crippen molar-refractivity contribution in [2.24, 2.45) is 0 Å². The molecule has 3 heterocycles. The van der Waals surface area contributed by atoms with Crippen molar-refractivity contribution in [2.45, 2.75) is 19.8 Å². The van der Waals surface area contributed by atoms with E-state index in [0.29, 0.717) is 43.2 Å². The van der Waals surface area contributed by atoms with Gasteiger partial charge in [0.15, 0.2) is 0 Å². The predicted molar refractivity (Wildman–Crippen MR) is 166 cm³/mol. The van der Waals surface area contributed by atoms with Crippen molar-refractivity contribution in [1.82, 2.24) is 20.0 Å². The van der Waals surface area contributed by atoms with Crippen molar-refractivity contribution >= 4 is 33.6 Å². The summed E-state index contributed by atoms with van der Waals surface area (Å²) < 4.78 is 5.90. The lowest BCUT2D eigenvalue weighted by Crippen LogP contribution is -2.35. The zero-order chi connectivity index (χ0) is 28.5. The van der Waals surface area contributed by atoms with Gasteiger partial charge in [0.1, 0.15) is 22.7 Å². The molecule has 208 valence electrons. The van der Waals surface area contributed by atoms with E-state index in [1.807, 2.05) is 47.4 Å². The van der Waals surface area contributed by atoms with Gasteiger partial charge in [0.2, 0.25) is 0 Å². The zero-order valence-electron chi connectivity index (χ0n) is 23.5. The Kier molecular flexibility index (Phi) is 6.84. The molecular weight excluding hydrogens is 522 g/mol. The minimum atomic E-state index is 0.0622.